The van der Waals surface area contributed by atoms with Crippen LogP contribution in [0.5, 0.6) is 5.75 Å². The molecule has 0 unspecified atom stereocenters. The van der Waals surface area contributed by atoms with Gasteiger partial charge in [-0.15, -0.1) is 9.90 Å². The van der Waals surface area contributed by atoms with E-state index in [4.69, 9.17) is 9.15 Å². The molecule has 0 aliphatic heterocycles. The van der Waals surface area contributed by atoms with Gasteiger partial charge in [-0.25, -0.2) is 0 Å². The first-order valence-electron chi connectivity index (χ1n) is 7.18. The number of methoxy groups -OCH3 is 1. The number of carbonyl (C=O) groups is 1. The number of nitrogens with zero attached hydrogens (tertiary/aromatic N) is 5. The van der Waals surface area contributed by atoms with E-state index in [0.717, 1.165) is 4.80 Å². The number of furan rings is 1. The number of carbonyl (C=O) groups excluding carboxylic acids is 1. The molecular formula is C15H12N6O5. The maximum Gasteiger partial charge on any atom is 0.293 e. The van der Waals surface area contributed by atoms with Crippen LogP contribution in [0.25, 0.3) is 17.5 Å². The van der Waals surface area contributed by atoms with Gasteiger partial charge in [0.05, 0.1) is 23.7 Å². The summed E-state index contributed by atoms with van der Waals surface area (Å²) in [6.07, 6.45) is 1.30. The fraction of sp³-hybridized carbons (Fsp3) is 0.0667. The van der Waals surface area contributed by atoms with Crippen LogP contribution in [0.3, 0.4) is 0 Å². The molecule has 0 atom stereocenters. The Labute approximate surface area is 146 Å². The standard InChI is InChI=1S/C15H12N6O5/c1-3-20-18-15(17-19-20)16-14(22)13-7-6-12(26-13)10-5-4-9(25-2)8-11(10)21(23)24/h3-8H,1H2,2H3,(H,16,18,22). The predicted molar refractivity (Wildman–Crippen MR) is 89.5 cm³/mol. The highest BCUT2D eigenvalue weighted by Crippen LogP contribution is 2.34. The second kappa shape index (κ2) is 6.84. The van der Waals surface area contributed by atoms with E-state index in [1.165, 1.54) is 37.6 Å². The molecule has 0 aliphatic carbocycles. The number of benzene rings is 1. The third-order valence-corrected chi connectivity index (χ3v) is 3.31. The van der Waals surface area contributed by atoms with Crippen molar-refractivity contribution in [3.63, 3.8) is 0 Å². The Morgan fingerprint density at radius 2 is 2.23 bits per heavy atom. The topological polar surface area (TPSA) is 138 Å². The smallest absolute Gasteiger partial charge is 0.293 e. The number of amides is 1. The number of hydrogen-bond acceptors (Lipinski definition) is 8. The first-order valence-corrected chi connectivity index (χ1v) is 7.18. The van der Waals surface area contributed by atoms with Crippen molar-refractivity contribution in [2.24, 2.45) is 0 Å². The Bertz CT molecular complexity index is 992. The molecule has 2 aromatic heterocycles. The van der Waals surface area contributed by atoms with Gasteiger partial charge in [-0.2, -0.15) is 0 Å². The van der Waals surface area contributed by atoms with E-state index in [9.17, 15) is 14.9 Å². The van der Waals surface area contributed by atoms with E-state index in [-0.39, 0.29) is 28.7 Å². The number of nitrogens with one attached hydrogen (secondary N) is 1. The highest BCUT2D eigenvalue weighted by atomic mass is 16.6. The molecule has 0 saturated carbocycles. The number of ether oxygens (including phenoxy) is 1. The van der Waals surface area contributed by atoms with Crippen molar-refractivity contribution in [3.05, 3.63) is 52.8 Å². The normalized spacial score (nSPS) is 10.3. The average molecular weight is 356 g/mol. The Kier molecular flexibility index (Phi) is 4.43. The number of nitro groups is 1. The number of hydrogen-bond donors (Lipinski definition) is 1. The largest absolute Gasteiger partial charge is 0.497 e. The van der Waals surface area contributed by atoms with E-state index in [1.807, 2.05) is 0 Å². The van der Waals surface area contributed by atoms with Crippen molar-refractivity contribution in [1.29, 1.82) is 0 Å². The molecule has 0 aliphatic rings. The predicted octanol–water partition coefficient (Wildman–Crippen LogP) is 2.20. The van der Waals surface area contributed by atoms with E-state index in [1.54, 1.807) is 6.07 Å². The summed E-state index contributed by atoms with van der Waals surface area (Å²) in [6.45, 7) is 3.46. The molecule has 0 radical (unpaired) electrons. The zero-order chi connectivity index (χ0) is 18.7. The first-order chi connectivity index (χ1) is 12.5. The van der Waals surface area contributed by atoms with E-state index in [0.29, 0.717) is 5.75 Å². The number of aromatic nitrogens is 4. The van der Waals surface area contributed by atoms with Gasteiger partial charge >= 0.3 is 0 Å². The highest BCUT2D eigenvalue weighted by molar-refractivity contribution is 6.01. The van der Waals surface area contributed by atoms with Crippen LogP contribution >= 0.6 is 0 Å². The van der Waals surface area contributed by atoms with Crippen molar-refractivity contribution in [2.75, 3.05) is 12.4 Å². The highest BCUT2D eigenvalue weighted by Gasteiger charge is 2.21. The second-order valence-electron chi connectivity index (χ2n) is 4.87. The number of rotatable bonds is 6. The number of nitro benzene ring substituents is 1. The van der Waals surface area contributed by atoms with Crippen molar-refractivity contribution < 1.29 is 18.9 Å². The maximum absolute atomic E-state index is 12.2. The zero-order valence-corrected chi connectivity index (χ0v) is 13.4. The minimum Gasteiger partial charge on any atom is -0.497 e. The minimum absolute atomic E-state index is 0.0386. The molecule has 11 nitrogen and oxygen atoms in total. The second-order valence-corrected chi connectivity index (χ2v) is 4.87. The zero-order valence-electron chi connectivity index (χ0n) is 13.4. The fourth-order valence-electron chi connectivity index (χ4n) is 2.12. The summed E-state index contributed by atoms with van der Waals surface area (Å²) in [7, 11) is 1.41. The molecule has 0 bridgehead atoms. The number of anilines is 1. The molecule has 3 rings (SSSR count). The minimum atomic E-state index is -0.629. The lowest BCUT2D eigenvalue weighted by atomic mass is 10.1. The lowest BCUT2D eigenvalue weighted by Gasteiger charge is -2.03. The van der Waals surface area contributed by atoms with Gasteiger partial charge < -0.3 is 9.15 Å². The average Bonchev–Trinajstić information content (AvgIpc) is 3.30. The van der Waals surface area contributed by atoms with Crippen LogP contribution in [0.1, 0.15) is 10.6 Å². The van der Waals surface area contributed by atoms with Crippen molar-refractivity contribution >= 4 is 23.7 Å². The lowest BCUT2D eigenvalue weighted by molar-refractivity contribution is -0.384. The summed E-state index contributed by atoms with van der Waals surface area (Å²) in [4.78, 5) is 24.0. The Balaban J connectivity index is 1.86. The monoisotopic (exact) mass is 356 g/mol. The summed E-state index contributed by atoms with van der Waals surface area (Å²) >= 11 is 0. The van der Waals surface area contributed by atoms with Crippen LogP contribution in [-0.4, -0.2) is 38.1 Å². The van der Waals surface area contributed by atoms with Crippen LogP contribution in [0.2, 0.25) is 0 Å². The van der Waals surface area contributed by atoms with Crippen LogP contribution in [0, 0.1) is 10.1 Å². The molecule has 0 fully saturated rings. The summed E-state index contributed by atoms with van der Waals surface area (Å²) in [5.74, 6) is -0.243. The fourth-order valence-corrected chi connectivity index (χ4v) is 2.12. The molecule has 2 heterocycles. The lowest BCUT2D eigenvalue weighted by Crippen LogP contribution is -2.12. The summed E-state index contributed by atoms with van der Waals surface area (Å²) in [5.41, 5.74) is 0.00632. The third-order valence-electron chi connectivity index (χ3n) is 3.31. The Morgan fingerprint density at radius 1 is 1.42 bits per heavy atom. The van der Waals surface area contributed by atoms with E-state index in [2.05, 4.69) is 27.3 Å². The maximum atomic E-state index is 12.2. The summed E-state index contributed by atoms with van der Waals surface area (Å²) < 4.78 is 10.4. The molecule has 26 heavy (non-hydrogen) atoms. The quantitative estimate of drug-likeness (QED) is 0.524. The molecule has 1 aromatic carbocycles. The van der Waals surface area contributed by atoms with Crippen LogP contribution in [0.4, 0.5) is 11.6 Å². The van der Waals surface area contributed by atoms with Gasteiger partial charge in [-0.3, -0.25) is 20.2 Å². The molecular weight excluding hydrogens is 344 g/mol. The van der Waals surface area contributed by atoms with Gasteiger partial charge in [-0.05, 0) is 29.5 Å². The summed E-state index contributed by atoms with van der Waals surface area (Å²) in [6, 6.07) is 7.15. The SMILES string of the molecule is C=Cn1nnc(NC(=O)c2ccc(-c3ccc(OC)cc3[N+](=O)[O-])o2)n1. The Morgan fingerprint density at radius 3 is 2.88 bits per heavy atom. The molecule has 11 heteroatoms. The number of tetrazole rings is 1. The van der Waals surface area contributed by atoms with Gasteiger partial charge in [0.1, 0.15) is 11.5 Å². The van der Waals surface area contributed by atoms with Gasteiger partial charge in [0.15, 0.2) is 5.76 Å². The van der Waals surface area contributed by atoms with Crippen LogP contribution in [-0.2, 0) is 0 Å². The molecule has 3 aromatic rings. The first kappa shape index (κ1) is 16.8. The van der Waals surface area contributed by atoms with Gasteiger partial charge in [0, 0.05) is 6.20 Å². The van der Waals surface area contributed by atoms with Crippen molar-refractivity contribution in [3.8, 4) is 17.1 Å². The molecule has 0 spiro atoms. The van der Waals surface area contributed by atoms with Gasteiger partial charge in [0.25, 0.3) is 17.5 Å². The third kappa shape index (κ3) is 3.26. The van der Waals surface area contributed by atoms with Gasteiger partial charge in [-0.1, -0.05) is 11.7 Å². The molecule has 1 amide bonds. The van der Waals surface area contributed by atoms with Crippen LogP contribution in [0.15, 0.2) is 41.3 Å². The molecule has 0 saturated heterocycles. The van der Waals surface area contributed by atoms with Gasteiger partial charge in [0.2, 0.25) is 0 Å². The van der Waals surface area contributed by atoms with E-state index < -0.39 is 10.8 Å². The Hall–Kier alpha value is -4.02. The molecule has 1 N–H and O–H groups in total. The van der Waals surface area contributed by atoms with Crippen LogP contribution < -0.4 is 10.1 Å². The van der Waals surface area contributed by atoms with E-state index >= 15 is 0 Å². The summed E-state index contributed by atoms with van der Waals surface area (Å²) in [5, 5.41) is 24.7. The molecule has 132 valence electrons. The van der Waals surface area contributed by atoms with Crippen molar-refractivity contribution in [1.82, 2.24) is 20.2 Å². The van der Waals surface area contributed by atoms with Crippen molar-refractivity contribution in [2.45, 2.75) is 0 Å².